The van der Waals surface area contributed by atoms with Crippen LogP contribution in [0.25, 0.3) is 0 Å². The zero-order valence-electron chi connectivity index (χ0n) is 9.37. The average Bonchev–Trinajstić information content (AvgIpc) is 2.75. The second-order valence-electron chi connectivity index (χ2n) is 3.78. The topological polar surface area (TPSA) is 51.2 Å². The molecular formula is C12H22N2O. The fourth-order valence-electron chi connectivity index (χ4n) is 1.54. The molecule has 3 N–H and O–H groups in total. The van der Waals surface area contributed by atoms with E-state index in [2.05, 4.69) is 5.32 Å². The summed E-state index contributed by atoms with van der Waals surface area (Å²) in [6, 6.07) is 3.95. The fraction of sp³-hybridized carbons (Fsp3) is 0.667. The summed E-state index contributed by atoms with van der Waals surface area (Å²) < 4.78 is 5.24. The summed E-state index contributed by atoms with van der Waals surface area (Å²) in [7, 11) is 0. The molecule has 3 heteroatoms. The molecule has 0 fully saturated rings. The third-order valence-corrected chi connectivity index (χ3v) is 2.44. The van der Waals surface area contributed by atoms with Crippen molar-refractivity contribution in [2.75, 3.05) is 19.6 Å². The lowest BCUT2D eigenvalue weighted by molar-refractivity contribution is 0.495. The van der Waals surface area contributed by atoms with E-state index in [1.165, 1.54) is 19.3 Å². The van der Waals surface area contributed by atoms with Crippen molar-refractivity contribution in [1.82, 2.24) is 5.32 Å². The molecule has 1 heterocycles. The van der Waals surface area contributed by atoms with Gasteiger partial charge in [-0.25, -0.2) is 0 Å². The van der Waals surface area contributed by atoms with Gasteiger partial charge in [-0.1, -0.05) is 12.8 Å². The fourth-order valence-corrected chi connectivity index (χ4v) is 1.54. The number of unbranched alkanes of at least 4 members (excludes halogenated alkanes) is 3. The Hall–Kier alpha value is -0.800. The van der Waals surface area contributed by atoms with E-state index in [-0.39, 0.29) is 0 Å². The number of furan rings is 1. The van der Waals surface area contributed by atoms with Crippen LogP contribution in [0.3, 0.4) is 0 Å². The summed E-state index contributed by atoms with van der Waals surface area (Å²) in [4.78, 5) is 0. The molecule has 0 aliphatic heterocycles. The minimum Gasteiger partial charge on any atom is -0.469 e. The van der Waals surface area contributed by atoms with Crippen LogP contribution in [0, 0.1) is 0 Å². The van der Waals surface area contributed by atoms with E-state index in [4.69, 9.17) is 10.2 Å². The number of hydrogen-bond acceptors (Lipinski definition) is 3. The van der Waals surface area contributed by atoms with Crippen LogP contribution in [0.15, 0.2) is 22.8 Å². The zero-order valence-corrected chi connectivity index (χ0v) is 9.37. The molecule has 15 heavy (non-hydrogen) atoms. The lowest BCUT2D eigenvalue weighted by Gasteiger charge is -2.03. The molecule has 0 amide bonds. The van der Waals surface area contributed by atoms with Gasteiger partial charge in [0.2, 0.25) is 0 Å². The molecule has 0 aliphatic carbocycles. The summed E-state index contributed by atoms with van der Waals surface area (Å²) in [6.45, 7) is 2.93. The molecule has 0 aromatic carbocycles. The van der Waals surface area contributed by atoms with Gasteiger partial charge in [0.25, 0.3) is 0 Å². The van der Waals surface area contributed by atoms with Gasteiger partial charge < -0.3 is 15.5 Å². The second kappa shape index (κ2) is 8.50. The first-order valence-corrected chi connectivity index (χ1v) is 5.86. The van der Waals surface area contributed by atoms with Crippen LogP contribution in [0.1, 0.15) is 31.4 Å². The predicted octanol–water partition coefficient (Wildman–Crippen LogP) is 1.93. The van der Waals surface area contributed by atoms with E-state index < -0.39 is 0 Å². The van der Waals surface area contributed by atoms with E-state index in [0.717, 1.165) is 38.2 Å². The first-order chi connectivity index (χ1) is 7.43. The monoisotopic (exact) mass is 210 g/mol. The van der Waals surface area contributed by atoms with Crippen molar-refractivity contribution >= 4 is 0 Å². The zero-order chi connectivity index (χ0) is 10.8. The molecule has 0 spiro atoms. The van der Waals surface area contributed by atoms with Gasteiger partial charge in [-0.15, -0.1) is 0 Å². The molecule has 86 valence electrons. The van der Waals surface area contributed by atoms with E-state index in [9.17, 15) is 0 Å². The number of hydrogen-bond donors (Lipinski definition) is 2. The Labute approximate surface area is 92.0 Å². The van der Waals surface area contributed by atoms with Gasteiger partial charge >= 0.3 is 0 Å². The van der Waals surface area contributed by atoms with E-state index in [1.54, 1.807) is 6.26 Å². The summed E-state index contributed by atoms with van der Waals surface area (Å²) in [5.41, 5.74) is 5.42. The highest BCUT2D eigenvalue weighted by Gasteiger charge is 1.94. The predicted molar refractivity (Wildman–Crippen MR) is 62.8 cm³/mol. The Morgan fingerprint density at radius 1 is 1.13 bits per heavy atom. The van der Waals surface area contributed by atoms with Crippen molar-refractivity contribution in [2.24, 2.45) is 5.73 Å². The van der Waals surface area contributed by atoms with Gasteiger partial charge in [0.1, 0.15) is 5.76 Å². The minimum absolute atomic E-state index is 0.825. The molecule has 0 atom stereocenters. The first kappa shape index (κ1) is 12.3. The van der Waals surface area contributed by atoms with E-state index in [0.29, 0.717) is 0 Å². The quantitative estimate of drug-likeness (QED) is 0.612. The van der Waals surface area contributed by atoms with Crippen molar-refractivity contribution in [3.63, 3.8) is 0 Å². The maximum Gasteiger partial charge on any atom is 0.105 e. The lowest BCUT2D eigenvalue weighted by Crippen LogP contribution is -2.18. The van der Waals surface area contributed by atoms with Gasteiger partial charge in [-0.3, -0.25) is 0 Å². The standard InChI is InChI=1S/C12H22N2O/c13-8-3-1-2-4-9-14-10-7-12-6-5-11-15-12/h5-6,11,14H,1-4,7-10,13H2. The van der Waals surface area contributed by atoms with Crippen LogP contribution in [0.2, 0.25) is 0 Å². The van der Waals surface area contributed by atoms with Crippen LogP contribution in [0.4, 0.5) is 0 Å². The molecule has 0 saturated carbocycles. The van der Waals surface area contributed by atoms with Crippen LogP contribution < -0.4 is 11.1 Å². The summed E-state index contributed by atoms with van der Waals surface area (Å²) in [5, 5.41) is 3.41. The molecule has 1 aromatic heterocycles. The third-order valence-electron chi connectivity index (χ3n) is 2.44. The van der Waals surface area contributed by atoms with Crippen molar-refractivity contribution in [3.05, 3.63) is 24.2 Å². The molecule has 0 unspecified atom stereocenters. The molecule has 1 aromatic rings. The van der Waals surface area contributed by atoms with Gasteiger partial charge in [0.05, 0.1) is 6.26 Å². The van der Waals surface area contributed by atoms with Gasteiger partial charge in [0, 0.05) is 13.0 Å². The summed E-state index contributed by atoms with van der Waals surface area (Å²) >= 11 is 0. The van der Waals surface area contributed by atoms with Crippen molar-refractivity contribution in [1.29, 1.82) is 0 Å². The second-order valence-corrected chi connectivity index (χ2v) is 3.78. The molecular weight excluding hydrogens is 188 g/mol. The van der Waals surface area contributed by atoms with E-state index >= 15 is 0 Å². The maximum atomic E-state index is 5.42. The number of nitrogens with one attached hydrogen (secondary N) is 1. The molecule has 3 nitrogen and oxygen atoms in total. The van der Waals surface area contributed by atoms with Gasteiger partial charge in [-0.2, -0.15) is 0 Å². The highest BCUT2D eigenvalue weighted by molar-refractivity contribution is 4.98. The SMILES string of the molecule is NCCCCCCNCCc1ccco1. The van der Waals surface area contributed by atoms with Crippen LogP contribution >= 0.6 is 0 Å². The van der Waals surface area contributed by atoms with Crippen LogP contribution in [-0.2, 0) is 6.42 Å². The third kappa shape index (κ3) is 6.31. The Morgan fingerprint density at radius 3 is 2.73 bits per heavy atom. The number of nitrogens with two attached hydrogens (primary N) is 1. The summed E-state index contributed by atoms with van der Waals surface area (Å²) in [5.74, 6) is 1.06. The Morgan fingerprint density at radius 2 is 2.00 bits per heavy atom. The maximum absolute atomic E-state index is 5.42. The van der Waals surface area contributed by atoms with Crippen molar-refractivity contribution in [3.8, 4) is 0 Å². The van der Waals surface area contributed by atoms with Crippen LogP contribution in [0.5, 0.6) is 0 Å². The minimum atomic E-state index is 0.825. The summed E-state index contributed by atoms with van der Waals surface area (Å²) in [6.07, 6.45) is 7.66. The Balaban J connectivity index is 1.81. The van der Waals surface area contributed by atoms with Gasteiger partial charge in [-0.05, 0) is 38.1 Å². The first-order valence-electron chi connectivity index (χ1n) is 5.86. The molecule has 0 aliphatic rings. The highest BCUT2D eigenvalue weighted by Crippen LogP contribution is 2.00. The molecule has 0 bridgehead atoms. The van der Waals surface area contributed by atoms with Crippen LogP contribution in [-0.4, -0.2) is 19.6 Å². The smallest absolute Gasteiger partial charge is 0.105 e. The molecule has 0 saturated heterocycles. The number of rotatable bonds is 9. The Bertz CT molecular complexity index is 222. The van der Waals surface area contributed by atoms with Crippen molar-refractivity contribution in [2.45, 2.75) is 32.1 Å². The Kier molecular flexibility index (Phi) is 6.96. The normalized spacial score (nSPS) is 10.7. The van der Waals surface area contributed by atoms with Gasteiger partial charge in [0.15, 0.2) is 0 Å². The highest BCUT2D eigenvalue weighted by atomic mass is 16.3. The van der Waals surface area contributed by atoms with Crippen molar-refractivity contribution < 1.29 is 4.42 Å². The van der Waals surface area contributed by atoms with E-state index in [1.807, 2.05) is 12.1 Å². The molecule has 0 radical (unpaired) electrons. The molecule has 1 rings (SSSR count). The average molecular weight is 210 g/mol. The lowest BCUT2D eigenvalue weighted by atomic mass is 10.2. The largest absolute Gasteiger partial charge is 0.469 e.